The predicted octanol–water partition coefficient (Wildman–Crippen LogP) is 2.59. The van der Waals surface area contributed by atoms with Gasteiger partial charge in [-0.25, -0.2) is 0 Å². The topological polar surface area (TPSA) is 15.3 Å². The first-order valence-electron chi connectivity index (χ1n) is 5.38. The van der Waals surface area contributed by atoms with E-state index in [0.717, 1.165) is 13.1 Å². The van der Waals surface area contributed by atoms with Gasteiger partial charge in [0.25, 0.3) is 0 Å². The van der Waals surface area contributed by atoms with E-state index in [1.807, 2.05) is 7.05 Å². The van der Waals surface area contributed by atoms with Gasteiger partial charge in [-0.1, -0.05) is 22.0 Å². The Kier molecular flexibility index (Phi) is 3.32. The van der Waals surface area contributed by atoms with Crippen LogP contribution in [0, 0.1) is 0 Å². The lowest BCUT2D eigenvalue weighted by Gasteiger charge is -2.12. The van der Waals surface area contributed by atoms with E-state index in [1.54, 1.807) is 0 Å². The van der Waals surface area contributed by atoms with Crippen LogP contribution in [0.1, 0.15) is 17.9 Å². The molecular weight excluding hydrogens is 252 g/mol. The highest BCUT2D eigenvalue weighted by Gasteiger charge is 2.27. The van der Waals surface area contributed by atoms with E-state index in [4.69, 9.17) is 0 Å². The second kappa shape index (κ2) is 4.54. The maximum Gasteiger partial charge on any atom is 0.0411 e. The van der Waals surface area contributed by atoms with Crippen LogP contribution in [-0.2, 0) is 0 Å². The molecule has 1 N–H and O–H groups in total. The Labute approximate surface area is 99.8 Å². The molecule has 0 saturated heterocycles. The molecule has 0 bridgehead atoms. The molecule has 1 aliphatic rings. The van der Waals surface area contributed by atoms with Gasteiger partial charge in [0.1, 0.15) is 0 Å². The molecule has 3 heteroatoms. The number of anilines is 1. The Bertz CT molecular complexity index is 351. The highest BCUT2D eigenvalue weighted by molar-refractivity contribution is 9.10. The van der Waals surface area contributed by atoms with E-state index in [-0.39, 0.29) is 0 Å². The first-order valence-corrected chi connectivity index (χ1v) is 6.17. The molecule has 15 heavy (non-hydrogen) atoms. The zero-order valence-electron chi connectivity index (χ0n) is 9.26. The number of fused-ring (bicyclic) bond motifs is 1. The van der Waals surface area contributed by atoms with Gasteiger partial charge in [-0.15, -0.1) is 0 Å². The minimum Gasteiger partial charge on any atom is -0.374 e. The third kappa shape index (κ3) is 2.04. The van der Waals surface area contributed by atoms with Crippen molar-refractivity contribution >= 4 is 21.6 Å². The van der Waals surface area contributed by atoms with Crippen molar-refractivity contribution in [3.8, 4) is 0 Å². The van der Waals surface area contributed by atoms with Gasteiger partial charge in [0, 0.05) is 29.7 Å². The number of nitrogens with zero attached hydrogens (tertiary/aromatic N) is 1. The molecule has 0 amide bonds. The van der Waals surface area contributed by atoms with Crippen LogP contribution in [0.3, 0.4) is 0 Å². The maximum absolute atomic E-state index is 3.66. The maximum atomic E-state index is 3.66. The van der Waals surface area contributed by atoms with Crippen LogP contribution >= 0.6 is 15.9 Å². The summed E-state index contributed by atoms with van der Waals surface area (Å²) < 4.78 is 1.26. The molecule has 0 saturated carbocycles. The molecule has 1 aromatic carbocycles. The molecule has 0 aromatic heterocycles. The third-order valence-electron chi connectivity index (χ3n) is 3.09. The van der Waals surface area contributed by atoms with Gasteiger partial charge in [0.15, 0.2) is 0 Å². The number of hydrogen-bond donors (Lipinski definition) is 1. The molecule has 2 nitrogen and oxygen atoms in total. The van der Waals surface area contributed by atoms with Gasteiger partial charge in [0.05, 0.1) is 0 Å². The molecule has 1 unspecified atom stereocenters. The largest absolute Gasteiger partial charge is 0.374 e. The zero-order valence-corrected chi connectivity index (χ0v) is 10.8. The third-order valence-corrected chi connectivity index (χ3v) is 3.78. The second-order valence-corrected chi connectivity index (χ2v) is 5.00. The summed E-state index contributed by atoms with van der Waals surface area (Å²) in [5.74, 6) is 0.660. The average Bonchev–Trinajstić information content (AvgIpc) is 2.55. The van der Waals surface area contributed by atoms with Crippen LogP contribution in [0.2, 0.25) is 0 Å². The standard InChI is InChI=1S/C12H17BrN2/c1-14-7-6-9-8-15(2)11-5-3-4-10(13)12(9)11/h3-5,9,14H,6-8H2,1-2H3. The molecule has 1 heterocycles. The first-order chi connectivity index (χ1) is 7.24. The lowest BCUT2D eigenvalue weighted by molar-refractivity contribution is 0.617. The van der Waals surface area contributed by atoms with Crippen molar-refractivity contribution in [2.24, 2.45) is 0 Å². The minimum absolute atomic E-state index is 0.660. The highest BCUT2D eigenvalue weighted by atomic mass is 79.9. The number of likely N-dealkylation sites (N-methyl/N-ethyl adjacent to an activating group) is 1. The van der Waals surface area contributed by atoms with Gasteiger partial charge in [0.2, 0.25) is 0 Å². The van der Waals surface area contributed by atoms with Crippen molar-refractivity contribution in [1.29, 1.82) is 0 Å². The predicted molar refractivity (Wildman–Crippen MR) is 68.7 cm³/mol. The van der Waals surface area contributed by atoms with Gasteiger partial charge in [-0.2, -0.15) is 0 Å². The molecule has 0 spiro atoms. The molecule has 1 aromatic rings. The average molecular weight is 269 g/mol. The smallest absolute Gasteiger partial charge is 0.0411 e. The fraction of sp³-hybridized carbons (Fsp3) is 0.500. The molecule has 0 fully saturated rings. The molecule has 0 aliphatic carbocycles. The van der Waals surface area contributed by atoms with Gasteiger partial charge in [-0.05, 0) is 37.7 Å². The van der Waals surface area contributed by atoms with Crippen LogP contribution in [0.5, 0.6) is 0 Å². The van der Waals surface area contributed by atoms with E-state index in [0.29, 0.717) is 5.92 Å². The molecule has 2 rings (SSSR count). The Hall–Kier alpha value is -0.540. The van der Waals surface area contributed by atoms with E-state index in [1.165, 1.54) is 22.1 Å². The van der Waals surface area contributed by atoms with Crippen molar-refractivity contribution in [1.82, 2.24) is 5.32 Å². The normalized spacial score (nSPS) is 19.4. The molecule has 0 radical (unpaired) electrons. The fourth-order valence-corrected chi connectivity index (χ4v) is 3.02. The van der Waals surface area contributed by atoms with E-state index >= 15 is 0 Å². The SMILES string of the molecule is CNCCC1CN(C)c2cccc(Br)c21. The van der Waals surface area contributed by atoms with Crippen molar-refractivity contribution in [3.05, 3.63) is 28.2 Å². The zero-order chi connectivity index (χ0) is 10.8. The molecular formula is C12H17BrN2. The van der Waals surface area contributed by atoms with Crippen LogP contribution in [-0.4, -0.2) is 27.2 Å². The second-order valence-electron chi connectivity index (χ2n) is 4.14. The summed E-state index contributed by atoms with van der Waals surface area (Å²) in [5, 5.41) is 3.23. The summed E-state index contributed by atoms with van der Waals surface area (Å²) in [6, 6.07) is 6.46. The van der Waals surface area contributed by atoms with Gasteiger partial charge in [-0.3, -0.25) is 0 Å². The van der Waals surface area contributed by atoms with E-state index < -0.39 is 0 Å². The summed E-state index contributed by atoms with van der Waals surface area (Å²) in [6.07, 6.45) is 1.20. The van der Waals surface area contributed by atoms with Crippen molar-refractivity contribution < 1.29 is 0 Å². The summed E-state index contributed by atoms with van der Waals surface area (Å²) in [4.78, 5) is 2.35. The van der Waals surface area contributed by atoms with Crippen molar-refractivity contribution in [3.63, 3.8) is 0 Å². The molecule has 82 valence electrons. The first kappa shape index (κ1) is 11.0. The van der Waals surface area contributed by atoms with E-state index in [2.05, 4.69) is 51.4 Å². The molecule has 1 aliphatic heterocycles. The Morgan fingerprint density at radius 3 is 3.07 bits per heavy atom. The monoisotopic (exact) mass is 268 g/mol. The number of rotatable bonds is 3. The Balaban J connectivity index is 2.27. The quantitative estimate of drug-likeness (QED) is 0.907. The van der Waals surface area contributed by atoms with Crippen molar-refractivity contribution in [2.45, 2.75) is 12.3 Å². The van der Waals surface area contributed by atoms with E-state index in [9.17, 15) is 0 Å². The van der Waals surface area contributed by atoms with Crippen molar-refractivity contribution in [2.75, 3.05) is 32.1 Å². The summed E-state index contributed by atoms with van der Waals surface area (Å²) >= 11 is 3.66. The lowest BCUT2D eigenvalue weighted by Crippen LogP contribution is -2.18. The van der Waals surface area contributed by atoms with Crippen LogP contribution < -0.4 is 10.2 Å². The Morgan fingerprint density at radius 2 is 2.33 bits per heavy atom. The van der Waals surface area contributed by atoms with Crippen LogP contribution in [0.25, 0.3) is 0 Å². The highest BCUT2D eigenvalue weighted by Crippen LogP contribution is 2.41. The van der Waals surface area contributed by atoms with Gasteiger partial charge < -0.3 is 10.2 Å². The number of halogens is 1. The van der Waals surface area contributed by atoms with Gasteiger partial charge >= 0.3 is 0 Å². The van der Waals surface area contributed by atoms with Crippen LogP contribution in [0.4, 0.5) is 5.69 Å². The minimum atomic E-state index is 0.660. The summed E-state index contributed by atoms with van der Waals surface area (Å²) in [7, 11) is 4.18. The molecule has 1 atom stereocenters. The fourth-order valence-electron chi connectivity index (χ4n) is 2.34. The number of nitrogens with one attached hydrogen (secondary N) is 1. The summed E-state index contributed by atoms with van der Waals surface area (Å²) in [6.45, 7) is 2.22. The Morgan fingerprint density at radius 1 is 1.53 bits per heavy atom. The summed E-state index contributed by atoms with van der Waals surface area (Å²) in [5.41, 5.74) is 2.86. The van der Waals surface area contributed by atoms with Crippen LogP contribution in [0.15, 0.2) is 22.7 Å². The number of hydrogen-bond acceptors (Lipinski definition) is 2. The lowest BCUT2D eigenvalue weighted by atomic mass is 9.98. The number of benzene rings is 1.